The molecule has 0 saturated carbocycles. The molecule has 0 unspecified atom stereocenters. The molecule has 2 aromatic carbocycles. The molecule has 6 heteroatoms. The van der Waals surface area contributed by atoms with E-state index in [1.165, 1.54) is 24.3 Å². The summed E-state index contributed by atoms with van der Waals surface area (Å²) in [6, 6.07) is 12.6. The van der Waals surface area contributed by atoms with Crippen LogP contribution < -0.4 is 10.1 Å². The maximum Gasteiger partial charge on any atom is 0.338 e. The summed E-state index contributed by atoms with van der Waals surface area (Å²) in [5.41, 5.74) is 1.54. The van der Waals surface area contributed by atoms with Crippen LogP contribution in [0, 0.1) is 5.82 Å². The average molecular weight is 327 g/mol. The predicted molar refractivity (Wildman–Crippen MR) is 85.9 cm³/mol. The van der Waals surface area contributed by atoms with Gasteiger partial charge in [-0.3, -0.25) is 4.79 Å². The van der Waals surface area contributed by atoms with Gasteiger partial charge in [-0.15, -0.1) is 0 Å². The molecule has 0 bridgehead atoms. The lowest BCUT2D eigenvalue weighted by molar-refractivity contribution is -0.143. The van der Waals surface area contributed by atoms with Crippen molar-refractivity contribution in [3.8, 4) is 5.75 Å². The molecule has 24 heavy (non-hydrogen) atoms. The third-order valence-electron chi connectivity index (χ3n) is 3.36. The summed E-state index contributed by atoms with van der Waals surface area (Å²) >= 11 is 0. The molecule has 0 aliphatic carbocycles. The van der Waals surface area contributed by atoms with Crippen LogP contribution in [0.15, 0.2) is 54.1 Å². The number of halogens is 1. The Balaban J connectivity index is 1.55. The Bertz CT molecular complexity index is 799. The number of amides is 1. The van der Waals surface area contributed by atoms with Gasteiger partial charge in [-0.2, -0.15) is 0 Å². The van der Waals surface area contributed by atoms with Crippen LogP contribution in [0.5, 0.6) is 5.75 Å². The number of fused-ring (bicyclic) bond motifs is 1. The minimum Gasteiger partial charge on any atom is -0.488 e. The van der Waals surface area contributed by atoms with Gasteiger partial charge in [0.05, 0.1) is 5.57 Å². The minimum atomic E-state index is -0.612. The van der Waals surface area contributed by atoms with Crippen molar-refractivity contribution in [2.75, 3.05) is 18.5 Å². The summed E-state index contributed by atoms with van der Waals surface area (Å²) in [5, 5.41) is 2.51. The number of carbonyl (C=O) groups excluding carboxylic acids is 2. The van der Waals surface area contributed by atoms with Crippen molar-refractivity contribution in [3.05, 3.63) is 65.5 Å². The van der Waals surface area contributed by atoms with Gasteiger partial charge in [-0.05, 0) is 36.4 Å². The molecule has 0 spiro atoms. The smallest absolute Gasteiger partial charge is 0.338 e. The Kier molecular flexibility index (Phi) is 4.56. The zero-order valence-electron chi connectivity index (χ0n) is 12.6. The van der Waals surface area contributed by atoms with E-state index in [9.17, 15) is 14.0 Å². The van der Waals surface area contributed by atoms with E-state index in [2.05, 4.69) is 5.32 Å². The number of ether oxygens (including phenoxy) is 2. The topological polar surface area (TPSA) is 64.6 Å². The number of para-hydroxylation sites is 1. The SMILES string of the molecule is O=C(COC(=O)C1=Cc2ccccc2OC1)Nc1ccc(F)cc1. The second kappa shape index (κ2) is 6.95. The van der Waals surface area contributed by atoms with Gasteiger partial charge in [0.1, 0.15) is 18.2 Å². The van der Waals surface area contributed by atoms with Gasteiger partial charge in [-0.25, -0.2) is 9.18 Å². The van der Waals surface area contributed by atoms with Gasteiger partial charge < -0.3 is 14.8 Å². The highest BCUT2D eigenvalue weighted by Crippen LogP contribution is 2.26. The van der Waals surface area contributed by atoms with Crippen molar-refractivity contribution in [1.29, 1.82) is 0 Å². The Labute approximate surface area is 137 Å². The van der Waals surface area contributed by atoms with Gasteiger partial charge in [0.15, 0.2) is 6.61 Å². The third-order valence-corrected chi connectivity index (χ3v) is 3.36. The quantitative estimate of drug-likeness (QED) is 0.877. The van der Waals surface area contributed by atoms with Crippen molar-refractivity contribution >= 4 is 23.6 Å². The molecule has 0 aromatic heterocycles. The summed E-state index contributed by atoms with van der Waals surface area (Å²) in [7, 11) is 0. The van der Waals surface area contributed by atoms with Crippen molar-refractivity contribution in [1.82, 2.24) is 0 Å². The van der Waals surface area contributed by atoms with Crippen LogP contribution in [0.25, 0.3) is 6.08 Å². The van der Waals surface area contributed by atoms with Gasteiger partial charge >= 0.3 is 5.97 Å². The molecule has 122 valence electrons. The number of anilines is 1. The van der Waals surface area contributed by atoms with E-state index in [0.717, 1.165) is 5.56 Å². The van der Waals surface area contributed by atoms with Crippen LogP contribution >= 0.6 is 0 Å². The van der Waals surface area contributed by atoms with Crippen LogP contribution in [0.4, 0.5) is 10.1 Å². The van der Waals surface area contributed by atoms with E-state index in [4.69, 9.17) is 9.47 Å². The van der Waals surface area contributed by atoms with E-state index >= 15 is 0 Å². The number of esters is 1. The highest BCUT2D eigenvalue weighted by molar-refractivity contribution is 5.98. The fraction of sp³-hybridized carbons (Fsp3) is 0.111. The number of benzene rings is 2. The molecule has 1 aliphatic rings. The van der Waals surface area contributed by atoms with Crippen molar-refractivity contribution < 1.29 is 23.5 Å². The summed E-state index contributed by atoms with van der Waals surface area (Å²) in [4.78, 5) is 23.8. The first-order valence-corrected chi connectivity index (χ1v) is 7.27. The van der Waals surface area contributed by atoms with Gasteiger partial charge in [-0.1, -0.05) is 18.2 Å². The fourth-order valence-corrected chi connectivity index (χ4v) is 2.19. The van der Waals surface area contributed by atoms with Gasteiger partial charge in [0.25, 0.3) is 5.91 Å². The van der Waals surface area contributed by atoms with E-state index < -0.39 is 24.3 Å². The first-order chi connectivity index (χ1) is 11.6. The Morgan fingerprint density at radius 2 is 1.88 bits per heavy atom. The van der Waals surface area contributed by atoms with E-state index in [1.54, 1.807) is 6.08 Å². The molecule has 1 N–H and O–H groups in total. The number of hydrogen-bond acceptors (Lipinski definition) is 4. The second-order valence-corrected chi connectivity index (χ2v) is 5.13. The van der Waals surface area contributed by atoms with Crippen molar-refractivity contribution in [2.45, 2.75) is 0 Å². The largest absolute Gasteiger partial charge is 0.488 e. The molecule has 1 amide bonds. The number of nitrogens with one attached hydrogen (secondary N) is 1. The summed E-state index contributed by atoms with van der Waals surface area (Å²) in [6.07, 6.45) is 1.68. The maximum atomic E-state index is 12.8. The zero-order chi connectivity index (χ0) is 16.9. The van der Waals surface area contributed by atoms with E-state index in [-0.39, 0.29) is 6.61 Å². The normalized spacial score (nSPS) is 12.5. The molecule has 1 heterocycles. The fourth-order valence-electron chi connectivity index (χ4n) is 2.19. The lowest BCUT2D eigenvalue weighted by Crippen LogP contribution is -2.23. The molecule has 0 saturated heterocycles. The van der Waals surface area contributed by atoms with Crippen LogP contribution in [-0.2, 0) is 14.3 Å². The molecule has 0 fully saturated rings. The van der Waals surface area contributed by atoms with Gasteiger partial charge in [0, 0.05) is 11.3 Å². The molecular formula is C18H14FNO4. The lowest BCUT2D eigenvalue weighted by Gasteiger charge is -2.16. The zero-order valence-corrected chi connectivity index (χ0v) is 12.6. The first kappa shape index (κ1) is 15.7. The highest BCUT2D eigenvalue weighted by atomic mass is 19.1. The van der Waals surface area contributed by atoms with Crippen molar-refractivity contribution in [2.24, 2.45) is 0 Å². The Morgan fingerprint density at radius 1 is 1.12 bits per heavy atom. The van der Waals surface area contributed by atoms with E-state index in [1.807, 2.05) is 24.3 Å². The molecule has 1 aliphatic heterocycles. The van der Waals surface area contributed by atoms with Gasteiger partial charge in [0.2, 0.25) is 0 Å². The molecule has 5 nitrogen and oxygen atoms in total. The number of carbonyl (C=O) groups is 2. The second-order valence-electron chi connectivity index (χ2n) is 5.13. The summed E-state index contributed by atoms with van der Waals surface area (Å²) in [5.74, 6) is -0.821. The Hall–Kier alpha value is -3.15. The average Bonchev–Trinajstić information content (AvgIpc) is 2.61. The number of hydrogen-bond donors (Lipinski definition) is 1. The van der Waals surface area contributed by atoms with Crippen molar-refractivity contribution in [3.63, 3.8) is 0 Å². The monoisotopic (exact) mass is 327 g/mol. The molecule has 2 aromatic rings. The Morgan fingerprint density at radius 3 is 2.67 bits per heavy atom. The van der Waals surface area contributed by atoms with Crippen LogP contribution in [0.2, 0.25) is 0 Å². The molecule has 0 radical (unpaired) electrons. The third kappa shape index (κ3) is 3.78. The lowest BCUT2D eigenvalue weighted by atomic mass is 10.1. The highest BCUT2D eigenvalue weighted by Gasteiger charge is 2.19. The van der Waals surface area contributed by atoms with Crippen LogP contribution in [-0.4, -0.2) is 25.1 Å². The van der Waals surface area contributed by atoms with Crippen LogP contribution in [0.1, 0.15) is 5.56 Å². The summed E-state index contributed by atoms with van der Waals surface area (Å²) < 4.78 is 23.2. The van der Waals surface area contributed by atoms with E-state index in [0.29, 0.717) is 17.0 Å². The maximum absolute atomic E-state index is 12.8. The molecule has 3 rings (SSSR count). The van der Waals surface area contributed by atoms with Crippen LogP contribution in [0.3, 0.4) is 0 Å². The minimum absolute atomic E-state index is 0.0927. The molecule has 0 atom stereocenters. The predicted octanol–water partition coefficient (Wildman–Crippen LogP) is 2.78. The standard InChI is InChI=1S/C18H14FNO4/c19-14-5-7-15(8-6-14)20-17(21)11-24-18(22)13-9-12-3-1-2-4-16(12)23-10-13/h1-9H,10-11H2,(H,20,21). The first-order valence-electron chi connectivity index (χ1n) is 7.27. The molecular weight excluding hydrogens is 313 g/mol. The number of rotatable bonds is 4. The summed E-state index contributed by atoms with van der Waals surface area (Å²) in [6.45, 7) is -0.343.